The van der Waals surface area contributed by atoms with E-state index in [-0.39, 0.29) is 30.5 Å². The van der Waals surface area contributed by atoms with Crippen LogP contribution in [-0.4, -0.2) is 49.7 Å². The number of rotatable bonds is 8. The van der Waals surface area contributed by atoms with E-state index in [1.165, 1.54) is 25.3 Å². The Morgan fingerprint density at radius 3 is 1.81 bits per heavy atom. The molecule has 0 amide bonds. The first-order valence-electron chi connectivity index (χ1n) is 8.19. The maximum absolute atomic E-state index is 10.5. The van der Waals surface area contributed by atoms with Gasteiger partial charge in [-0.2, -0.15) is 0 Å². The lowest BCUT2D eigenvalue weighted by Gasteiger charge is -2.27. The van der Waals surface area contributed by atoms with E-state index in [4.69, 9.17) is 14.2 Å². The van der Waals surface area contributed by atoms with Crippen LogP contribution in [0.4, 0.5) is 5.69 Å². The van der Waals surface area contributed by atoms with Crippen molar-refractivity contribution in [3.63, 3.8) is 0 Å². The van der Waals surface area contributed by atoms with Crippen LogP contribution < -0.4 is 19.1 Å². The van der Waals surface area contributed by atoms with Gasteiger partial charge in [0.15, 0.2) is 11.5 Å². The molecule has 0 saturated heterocycles. The molecule has 0 radical (unpaired) electrons. The van der Waals surface area contributed by atoms with Crippen molar-refractivity contribution in [1.29, 1.82) is 0 Å². The number of ether oxygens (including phenoxy) is 3. The summed E-state index contributed by atoms with van der Waals surface area (Å²) < 4.78 is 16.1. The molecule has 0 aliphatic heterocycles. The Labute approximate surface area is 165 Å². The molecule has 1 atom stereocenters. The molecule has 0 aromatic heterocycles. The summed E-state index contributed by atoms with van der Waals surface area (Å²) in [6.07, 6.45) is -0.910. The van der Waals surface area contributed by atoms with Gasteiger partial charge in [0, 0.05) is 37.0 Å². The Bertz CT molecular complexity index is 710. The van der Waals surface area contributed by atoms with Crippen LogP contribution >= 0.6 is 12.4 Å². The topological polar surface area (TPSA) is 91.6 Å². The Morgan fingerprint density at radius 2 is 1.41 bits per heavy atom. The van der Waals surface area contributed by atoms with Crippen molar-refractivity contribution in [2.45, 2.75) is 13.0 Å². The molecule has 8 heteroatoms. The SMILES string of the molecule is CCN(CC(O)c1cc(O)cc(O)c1)c1cc(OC)c(OC)c(OC)c1.Cl. The van der Waals surface area contributed by atoms with Crippen LogP contribution in [-0.2, 0) is 0 Å². The number of halogens is 1. The van der Waals surface area contributed by atoms with Crippen LogP contribution in [0.15, 0.2) is 30.3 Å². The lowest BCUT2D eigenvalue weighted by Crippen LogP contribution is -2.28. The number of likely N-dealkylation sites (N-methyl/N-ethyl adjacent to an activating group) is 1. The predicted molar refractivity (Wildman–Crippen MR) is 106 cm³/mol. The summed E-state index contributed by atoms with van der Waals surface area (Å²) in [5.41, 5.74) is 1.21. The molecule has 2 aromatic carbocycles. The number of aromatic hydroxyl groups is 2. The predicted octanol–water partition coefficient (Wildman–Crippen LogP) is 3.11. The quantitative estimate of drug-likeness (QED) is 0.628. The molecular weight excluding hydrogens is 374 g/mol. The molecule has 1 unspecified atom stereocenters. The maximum atomic E-state index is 10.5. The highest BCUT2D eigenvalue weighted by molar-refractivity contribution is 5.85. The minimum Gasteiger partial charge on any atom is -0.508 e. The fourth-order valence-corrected chi connectivity index (χ4v) is 2.79. The van der Waals surface area contributed by atoms with Gasteiger partial charge in [0.05, 0.1) is 27.4 Å². The second-order valence-electron chi connectivity index (χ2n) is 5.72. The van der Waals surface area contributed by atoms with E-state index in [2.05, 4.69) is 0 Å². The fourth-order valence-electron chi connectivity index (χ4n) is 2.79. The number of benzene rings is 2. The summed E-state index contributed by atoms with van der Waals surface area (Å²) in [7, 11) is 4.62. The van der Waals surface area contributed by atoms with E-state index in [0.717, 1.165) is 5.69 Å². The molecule has 0 bridgehead atoms. The molecule has 0 heterocycles. The molecule has 2 aromatic rings. The molecule has 3 N–H and O–H groups in total. The van der Waals surface area contributed by atoms with Crippen molar-refractivity contribution in [2.75, 3.05) is 39.3 Å². The van der Waals surface area contributed by atoms with Gasteiger partial charge in [-0.3, -0.25) is 0 Å². The van der Waals surface area contributed by atoms with Crippen molar-refractivity contribution >= 4 is 18.1 Å². The van der Waals surface area contributed by atoms with Gasteiger partial charge in [-0.05, 0) is 24.6 Å². The number of hydrogen-bond donors (Lipinski definition) is 3. The molecule has 0 saturated carbocycles. The first kappa shape index (κ1) is 22.5. The summed E-state index contributed by atoms with van der Waals surface area (Å²) >= 11 is 0. The fraction of sp³-hybridized carbons (Fsp3) is 0.368. The van der Waals surface area contributed by atoms with Gasteiger partial charge in [-0.15, -0.1) is 12.4 Å². The van der Waals surface area contributed by atoms with Gasteiger partial charge in [0.1, 0.15) is 11.5 Å². The number of hydrogen-bond acceptors (Lipinski definition) is 7. The first-order valence-corrected chi connectivity index (χ1v) is 8.19. The van der Waals surface area contributed by atoms with E-state index < -0.39 is 6.10 Å². The van der Waals surface area contributed by atoms with Gasteiger partial charge in [0.2, 0.25) is 5.75 Å². The van der Waals surface area contributed by atoms with Crippen molar-refractivity contribution in [3.8, 4) is 28.7 Å². The van der Waals surface area contributed by atoms with E-state index in [0.29, 0.717) is 29.4 Å². The van der Waals surface area contributed by atoms with Crippen LogP contribution in [0.25, 0.3) is 0 Å². The van der Waals surface area contributed by atoms with Gasteiger partial charge in [-0.25, -0.2) is 0 Å². The van der Waals surface area contributed by atoms with E-state index in [9.17, 15) is 15.3 Å². The van der Waals surface area contributed by atoms with E-state index in [1.807, 2.05) is 11.8 Å². The third-order valence-corrected chi connectivity index (χ3v) is 4.10. The van der Waals surface area contributed by atoms with Crippen LogP contribution in [0.5, 0.6) is 28.7 Å². The molecule has 0 spiro atoms. The number of aliphatic hydroxyl groups excluding tert-OH is 1. The van der Waals surface area contributed by atoms with Crippen molar-refractivity contribution in [2.24, 2.45) is 0 Å². The zero-order valence-corrected chi connectivity index (χ0v) is 16.6. The maximum Gasteiger partial charge on any atom is 0.203 e. The van der Waals surface area contributed by atoms with Gasteiger partial charge < -0.3 is 34.4 Å². The molecular formula is C19H26ClNO6. The number of methoxy groups -OCH3 is 3. The van der Waals surface area contributed by atoms with Crippen molar-refractivity contribution in [3.05, 3.63) is 35.9 Å². The minimum atomic E-state index is -0.910. The third-order valence-electron chi connectivity index (χ3n) is 4.10. The number of anilines is 1. The largest absolute Gasteiger partial charge is 0.508 e. The Morgan fingerprint density at radius 1 is 0.889 bits per heavy atom. The van der Waals surface area contributed by atoms with Gasteiger partial charge in [-0.1, -0.05) is 0 Å². The smallest absolute Gasteiger partial charge is 0.203 e. The normalized spacial score (nSPS) is 11.3. The minimum absolute atomic E-state index is 0. The van der Waals surface area contributed by atoms with E-state index in [1.54, 1.807) is 26.4 Å². The number of nitrogens with zero attached hydrogens (tertiary/aromatic N) is 1. The Kier molecular flexibility index (Phi) is 8.33. The highest BCUT2D eigenvalue weighted by Gasteiger charge is 2.19. The lowest BCUT2D eigenvalue weighted by molar-refractivity contribution is 0.183. The average Bonchev–Trinajstić information content (AvgIpc) is 2.63. The van der Waals surface area contributed by atoms with Crippen molar-refractivity contribution < 1.29 is 29.5 Å². The highest BCUT2D eigenvalue weighted by atomic mass is 35.5. The third kappa shape index (κ3) is 5.24. The molecule has 150 valence electrons. The van der Waals surface area contributed by atoms with Gasteiger partial charge in [0.25, 0.3) is 0 Å². The van der Waals surface area contributed by atoms with Crippen molar-refractivity contribution in [1.82, 2.24) is 0 Å². The summed E-state index contributed by atoms with van der Waals surface area (Å²) in [5.74, 6) is 1.33. The van der Waals surface area contributed by atoms with Crippen LogP contribution in [0.1, 0.15) is 18.6 Å². The average molecular weight is 400 g/mol. The number of phenols is 2. The second-order valence-corrected chi connectivity index (χ2v) is 5.72. The standard InChI is InChI=1S/C19H25NO6.ClH/c1-5-20(11-16(23)12-6-14(21)10-15(22)7-12)13-8-17(24-2)19(26-4)18(9-13)25-3;/h6-10,16,21-23H,5,11H2,1-4H3;1H. The lowest BCUT2D eigenvalue weighted by atomic mass is 10.1. The highest BCUT2D eigenvalue weighted by Crippen LogP contribution is 2.41. The van der Waals surface area contributed by atoms with Crippen LogP contribution in [0.2, 0.25) is 0 Å². The summed E-state index contributed by atoms with van der Waals surface area (Å²) in [6, 6.07) is 7.67. The molecule has 0 aliphatic rings. The van der Waals surface area contributed by atoms with Crippen LogP contribution in [0.3, 0.4) is 0 Å². The summed E-state index contributed by atoms with van der Waals surface area (Å²) in [4.78, 5) is 1.93. The molecule has 0 fully saturated rings. The monoisotopic (exact) mass is 399 g/mol. The summed E-state index contributed by atoms with van der Waals surface area (Å²) in [6.45, 7) is 2.81. The molecule has 0 aliphatic carbocycles. The van der Waals surface area contributed by atoms with E-state index >= 15 is 0 Å². The Hall–Kier alpha value is -2.51. The van der Waals surface area contributed by atoms with Crippen LogP contribution in [0, 0.1) is 0 Å². The molecule has 2 rings (SSSR count). The zero-order chi connectivity index (χ0) is 19.3. The number of phenolic OH excluding ortho intramolecular Hbond substituents is 2. The first-order chi connectivity index (χ1) is 12.4. The molecule has 7 nitrogen and oxygen atoms in total. The Balaban J connectivity index is 0.00000364. The number of aliphatic hydroxyl groups is 1. The zero-order valence-electron chi connectivity index (χ0n) is 15.8. The summed E-state index contributed by atoms with van der Waals surface area (Å²) in [5, 5.41) is 29.8. The second kappa shape index (κ2) is 9.99. The van der Waals surface area contributed by atoms with Gasteiger partial charge >= 0.3 is 0 Å². The molecule has 27 heavy (non-hydrogen) atoms.